The van der Waals surface area contributed by atoms with Gasteiger partial charge in [-0.1, -0.05) is 18.2 Å². The van der Waals surface area contributed by atoms with E-state index in [0.717, 1.165) is 16.5 Å². The van der Waals surface area contributed by atoms with Crippen LogP contribution in [0.3, 0.4) is 0 Å². The summed E-state index contributed by atoms with van der Waals surface area (Å²) in [5.41, 5.74) is 2.17. The third kappa shape index (κ3) is 1.42. The third-order valence-electron chi connectivity index (χ3n) is 2.55. The van der Waals surface area contributed by atoms with Crippen molar-refractivity contribution in [2.24, 2.45) is 0 Å². The summed E-state index contributed by atoms with van der Waals surface area (Å²) < 4.78 is 0. The Morgan fingerprint density at radius 1 is 0.812 bits per heavy atom. The highest BCUT2D eigenvalue weighted by molar-refractivity contribution is 5.95. The van der Waals surface area contributed by atoms with Gasteiger partial charge in [0.15, 0.2) is 0 Å². The van der Waals surface area contributed by atoms with Crippen molar-refractivity contribution in [2.45, 2.75) is 0 Å². The smallest absolute Gasteiger partial charge is 0.115 e. The Hall–Kier alpha value is -2.29. The van der Waals surface area contributed by atoms with E-state index in [-0.39, 0.29) is 0 Å². The molecule has 0 saturated heterocycles. The van der Waals surface area contributed by atoms with Crippen LogP contribution in [0.15, 0.2) is 55.4 Å². The van der Waals surface area contributed by atoms with Crippen LogP contribution in [0.1, 0.15) is 0 Å². The molecule has 3 aromatic rings. The molecule has 0 aliphatic carbocycles. The summed E-state index contributed by atoms with van der Waals surface area (Å²) in [4.78, 5) is 12.2. The summed E-state index contributed by atoms with van der Waals surface area (Å²) in [6.07, 6.45) is 8.85. The van der Waals surface area contributed by atoms with Crippen LogP contribution in [0.4, 0.5) is 0 Å². The summed E-state index contributed by atoms with van der Waals surface area (Å²) in [6.45, 7) is 0. The molecule has 0 amide bonds. The van der Waals surface area contributed by atoms with Crippen molar-refractivity contribution in [1.29, 1.82) is 0 Å². The summed E-state index contributed by atoms with van der Waals surface area (Å²) >= 11 is 0. The third-order valence-corrected chi connectivity index (χ3v) is 2.55. The predicted molar refractivity (Wildman–Crippen MR) is 62.8 cm³/mol. The average Bonchev–Trinajstić information content (AvgIpc) is 2.39. The SMILES string of the molecule is c1cc(-c2cncnc2)c2ccncc2c1. The Bertz CT molecular complexity index is 615. The first-order valence-electron chi connectivity index (χ1n) is 5.03. The fraction of sp³-hybridized carbons (Fsp3) is 0. The van der Waals surface area contributed by atoms with E-state index in [1.807, 2.05) is 30.7 Å². The first kappa shape index (κ1) is 8.97. The number of hydrogen-bond donors (Lipinski definition) is 0. The molecule has 1 aromatic carbocycles. The van der Waals surface area contributed by atoms with Gasteiger partial charge in [-0.2, -0.15) is 0 Å². The lowest BCUT2D eigenvalue weighted by Crippen LogP contribution is -1.84. The van der Waals surface area contributed by atoms with Crippen molar-refractivity contribution < 1.29 is 0 Å². The second-order valence-corrected chi connectivity index (χ2v) is 3.53. The molecular weight excluding hydrogens is 198 g/mol. The molecule has 0 atom stereocenters. The number of rotatable bonds is 1. The zero-order valence-corrected chi connectivity index (χ0v) is 8.54. The van der Waals surface area contributed by atoms with Crippen LogP contribution in [0.5, 0.6) is 0 Å². The predicted octanol–water partition coefficient (Wildman–Crippen LogP) is 2.69. The molecule has 16 heavy (non-hydrogen) atoms. The molecule has 0 aliphatic rings. The minimum absolute atomic E-state index is 1.03. The quantitative estimate of drug-likeness (QED) is 0.615. The first-order valence-corrected chi connectivity index (χ1v) is 5.03. The maximum atomic E-state index is 4.12. The van der Waals surface area contributed by atoms with E-state index in [1.165, 1.54) is 11.7 Å². The number of hydrogen-bond acceptors (Lipinski definition) is 3. The summed E-state index contributed by atoms with van der Waals surface area (Å²) in [6, 6.07) is 8.15. The molecule has 3 rings (SSSR count). The highest BCUT2D eigenvalue weighted by Gasteiger charge is 2.02. The maximum Gasteiger partial charge on any atom is 0.115 e. The molecule has 0 bridgehead atoms. The largest absolute Gasteiger partial charge is 0.264 e. The van der Waals surface area contributed by atoms with E-state index in [9.17, 15) is 0 Å². The number of aromatic nitrogens is 3. The Morgan fingerprint density at radius 2 is 1.69 bits per heavy atom. The highest BCUT2D eigenvalue weighted by Crippen LogP contribution is 2.26. The van der Waals surface area contributed by atoms with Crippen LogP contribution in [-0.2, 0) is 0 Å². The molecular formula is C13H9N3. The summed E-state index contributed by atoms with van der Waals surface area (Å²) in [5, 5.41) is 2.30. The van der Waals surface area contributed by atoms with Crippen LogP contribution in [0.2, 0.25) is 0 Å². The molecule has 2 aromatic heterocycles. The molecule has 0 fully saturated rings. The fourth-order valence-corrected chi connectivity index (χ4v) is 1.81. The fourth-order valence-electron chi connectivity index (χ4n) is 1.81. The molecule has 0 aliphatic heterocycles. The number of pyridine rings is 1. The maximum absolute atomic E-state index is 4.12. The van der Waals surface area contributed by atoms with Gasteiger partial charge in [-0.25, -0.2) is 9.97 Å². The molecule has 0 radical (unpaired) electrons. The van der Waals surface area contributed by atoms with Gasteiger partial charge < -0.3 is 0 Å². The van der Waals surface area contributed by atoms with Gasteiger partial charge in [0.1, 0.15) is 6.33 Å². The Labute approximate surface area is 92.8 Å². The monoisotopic (exact) mass is 207 g/mol. The molecule has 0 spiro atoms. The molecule has 3 nitrogen and oxygen atoms in total. The lowest BCUT2D eigenvalue weighted by Gasteiger charge is -2.04. The first-order chi connectivity index (χ1) is 7.95. The van der Waals surface area contributed by atoms with Crippen molar-refractivity contribution in [2.75, 3.05) is 0 Å². The van der Waals surface area contributed by atoms with Crippen LogP contribution in [-0.4, -0.2) is 15.0 Å². The lowest BCUT2D eigenvalue weighted by molar-refractivity contribution is 1.17. The van der Waals surface area contributed by atoms with Crippen molar-refractivity contribution >= 4 is 10.8 Å². The van der Waals surface area contributed by atoms with Crippen molar-refractivity contribution in [1.82, 2.24) is 15.0 Å². The van der Waals surface area contributed by atoms with Gasteiger partial charge in [0.2, 0.25) is 0 Å². The van der Waals surface area contributed by atoms with Gasteiger partial charge >= 0.3 is 0 Å². The van der Waals surface area contributed by atoms with Crippen LogP contribution in [0.25, 0.3) is 21.9 Å². The van der Waals surface area contributed by atoms with E-state index in [2.05, 4.69) is 27.1 Å². The topological polar surface area (TPSA) is 38.7 Å². The van der Waals surface area contributed by atoms with Gasteiger partial charge in [0, 0.05) is 35.7 Å². The zero-order valence-electron chi connectivity index (χ0n) is 8.54. The molecule has 0 unspecified atom stereocenters. The molecule has 2 heterocycles. The summed E-state index contributed by atoms with van der Waals surface area (Å²) in [7, 11) is 0. The standard InChI is InChI=1S/C13H9N3/c1-2-10-6-14-5-4-13(10)12(3-1)11-7-15-9-16-8-11/h1-9H. The van der Waals surface area contributed by atoms with E-state index >= 15 is 0 Å². The van der Waals surface area contributed by atoms with Gasteiger partial charge in [-0.05, 0) is 17.0 Å². The van der Waals surface area contributed by atoms with E-state index in [0.29, 0.717) is 0 Å². The number of benzene rings is 1. The van der Waals surface area contributed by atoms with Crippen LogP contribution >= 0.6 is 0 Å². The van der Waals surface area contributed by atoms with Crippen molar-refractivity contribution in [3.8, 4) is 11.1 Å². The van der Waals surface area contributed by atoms with E-state index in [1.54, 1.807) is 6.20 Å². The second kappa shape index (κ2) is 3.70. The number of nitrogens with zero attached hydrogens (tertiary/aromatic N) is 3. The Morgan fingerprint density at radius 3 is 2.56 bits per heavy atom. The molecule has 76 valence electrons. The zero-order chi connectivity index (χ0) is 10.8. The van der Waals surface area contributed by atoms with Crippen molar-refractivity contribution in [3.05, 3.63) is 55.4 Å². The number of fused-ring (bicyclic) bond motifs is 1. The average molecular weight is 207 g/mol. The van der Waals surface area contributed by atoms with Gasteiger partial charge in [-0.15, -0.1) is 0 Å². The van der Waals surface area contributed by atoms with Gasteiger partial charge in [0.05, 0.1) is 0 Å². The summed E-state index contributed by atoms with van der Waals surface area (Å²) in [5.74, 6) is 0. The van der Waals surface area contributed by atoms with Gasteiger partial charge in [-0.3, -0.25) is 4.98 Å². The van der Waals surface area contributed by atoms with Crippen LogP contribution < -0.4 is 0 Å². The Kier molecular flexibility index (Phi) is 2.07. The molecule has 0 N–H and O–H groups in total. The lowest BCUT2D eigenvalue weighted by atomic mass is 10.0. The minimum atomic E-state index is 1.03. The van der Waals surface area contributed by atoms with Gasteiger partial charge in [0.25, 0.3) is 0 Å². The van der Waals surface area contributed by atoms with Crippen LogP contribution in [0, 0.1) is 0 Å². The normalized spacial score (nSPS) is 10.5. The Balaban J connectivity index is 2.32. The highest BCUT2D eigenvalue weighted by atomic mass is 14.8. The van der Waals surface area contributed by atoms with Crippen molar-refractivity contribution in [3.63, 3.8) is 0 Å². The molecule has 3 heteroatoms. The molecule has 0 saturated carbocycles. The minimum Gasteiger partial charge on any atom is -0.264 e. The van der Waals surface area contributed by atoms with E-state index in [4.69, 9.17) is 0 Å². The van der Waals surface area contributed by atoms with E-state index < -0.39 is 0 Å². The second-order valence-electron chi connectivity index (χ2n) is 3.53.